The minimum Gasteiger partial charge on any atom is -0.505 e. The van der Waals surface area contributed by atoms with Crippen LogP contribution < -0.4 is 11.5 Å². The first-order valence-corrected chi connectivity index (χ1v) is 11.3. The molecular weight excluding hydrogens is 514 g/mol. The Morgan fingerprint density at radius 1 is 1.18 bits per heavy atom. The van der Waals surface area contributed by atoms with Crippen LogP contribution in [0.5, 0.6) is 5.75 Å². The first-order valence-electron chi connectivity index (χ1n) is 10.5. The minimum absolute atomic E-state index is 0.140. The molecule has 1 aromatic carbocycles. The van der Waals surface area contributed by atoms with Gasteiger partial charge in [0.15, 0.2) is 40.4 Å². The van der Waals surface area contributed by atoms with Gasteiger partial charge in [0.1, 0.15) is 0 Å². The molecule has 0 aromatic heterocycles. The van der Waals surface area contributed by atoms with Crippen molar-refractivity contribution in [3.05, 3.63) is 21.7 Å². The van der Waals surface area contributed by atoms with E-state index in [0.717, 1.165) is 0 Å². The van der Waals surface area contributed by atoms with Gasteiger partial charge < -0.3 is 26.8 Å². The van der Waals surface area contributed by atoms with Gasteiger partial charge in [-0.2, -0.15) is 0 Å². The SMILES string of the molecule is C[C@H]1c2cc(Br)c(N)c(O)c2C(=O)C2C(=O)[C@]3(O)C(=O)C(C(N)=O)C(=O)[C@@H](N(C)C)[C@@H]3[C@@H](O)[C@@H]21. The number of hydrogen-bond donors (Lipinski definition) is 5. The fraction of sp³-hybridized carbons (Fsp3) is 0.500. The molecule has 2 fully saturated rings. The lowest BCUT2D eigenvalue weighted by molar-refractivity contribution is -0.196. The molecular formula is C22H24BrN3O8. The monoisotopic (exact) mass is 537 g/mol. The van der Waals surface area contributed by atoms with Crippen LogP contribution in [0.25, 0.3) is 0 Å². The number of likely N-dealkylation sites (N-methyl/N-ethyl adjacent to an activating group) is 1. The maximum atomic E-state index is 13.7. The minimum atomic E-state index is -3.02. The van der Waals surface area contributed by atoms with Gasteiger partial charge in [-0.15, -0.1) is 0 Å². The number of anilines is 1. The molecule has 0 heterocycles. The smallest absolute Gasteiger partial charge is 0.235 e. The number of primary amides is 1. The molecule has 8 atom stereocenters. The summed E-state index contributed by atoms with van der Waals surface area (Å²) in [6.07, 6.45) is -1.67. The van der Waals surface area contributed by atoms with Gasteiger partial charge in [-0.3, -0.25) is 28.9 Å². The molecule has 2 saturated carbocycles. The predicted molar refractivity (Wildman–Crippen MR) is 120 cm³/mol. The molecule has 34 heavy (non-hydrogen) atoms. The summed E-state index contributed by atoms with van der Waals surface area (Å²) >= 11 is 3.21. The number of amides is 1. The third kappa shape index (κ3) is 2.82. The molecule has 12 heteroatoms. The second-order valence-corrected chi connectivity index (χ2v) is 10.3. The Morgan fingerprint density at radius 3 is 2.29 bits per heavy atom. The van der Waals surface area contributed by atoms with Gasteiger partial charge in [0.25, 0.3) is 0 Å². The van der Waals surface area contributed by atoms with E-state index in [9.17, 15) is 39.3 Å². The van der Waals surface area contributed by atoms with Crippen LogP contribution in [0.4, 0.5) is 5.69 Å². The standard InChI is InChI=1S/C22H24BrN3O8/c1-5-6-4-7(23)13(24)17(29)9(6)15(27)10-8(5)16(28)12-14(26(2)3)18(30)11(21(25)33)20(32)22(12,34)19(10)31/h4-5,8,10-12,14,16,28-29,34H,24H2,1-3H3,(H2,25,33)/t5-,8+,10?,11?,12+,14-,16-,22-/m0/s1. The number of hydrogen-bond acceptors (Lipinski definition) is 10. The quantitative estimate of drug-likeness (QED) is 0.172. The van der Waals surface area contributed by atoms with E-state index in [1.54, 1.807) is 6.92 Å². The first kappa shape index (κ1) is 24.5. The third-order valence-electron chi connectivity index (χ3n) is 7.60. The zero-order valence-electron chi connectivity index (χ0n) is 18.5. The molecule has 3 aliphatic rings. The number of aliphatic hydroxyl groups is 2. The van der Waals surface area contributed by atoms with Gasteiger partial charge in [0.2, 0.25) is 5.91 Å². The van der Waals surface area contributed by atoms with Gasteiger partial charge in [-0.05, 0) is 47.6 Å². The summed E-state index contributed by atoms with van der Waals surface area (Å²) in [5.74, 6) is -13.8. The summed E-state index contributed by atoms with van der Waals surface area (Å²) in [4.78, 5) is 66.8. The number of aromatic hydroxyl groups is 1. The van der Waals surface area contributed by atoms with E-state index in [-0.39, 0.29) is 11.3 Å². The normalized spacial score (nSPS) is 37.3. The molecule has 0 aliphatic heterocycles. The van der Waals surface area contributed by atoms with Crippen LogP contribution in [0, 0.1) is 23.7 Å². The molecule has 0 radical (unpaired) electrons. The van der Waals surface area contributed by atoms with E-state index >= 15 is 0 Å². The number of phenolic OH excluding ortho intramolecular Hbond substituents is 1. The second kappa shape index (κ2) is 7.67. The maximum absolute atomic E-state index is 13.7. The van der Waals surface area contributed by atoms with E-state index < -0.39 is 82.1 Å². The molecule has 0 saturated heterocycles. The van der Waals surface area contributed by atoms with Gasteiger partial charge in [-0.25, -0.2) is 0 Å². The van der Waals surface area contributed by atoms with E-state index in [1.807, 2.05) is 0 Å². The molecule has 0 spiro atoms. The van der Waals surface area contributed by atoms with Gasteiger partial charge in [0, 0.05) is 10.4 Å². The van der Waals surface area contributed by atoms with Crippen molar-refractivity contribution in [2.24, 2.45) is 29.4 Å². The molecule has 7 N–H and O–H groups in total. The van der Waals surface area contributed by atoms with Crippen molar-refractivity contribution in [3.63, 3.8) is 0 Å². The van der Waals surface area contributed by atoms with Crippen molar-refractivity contribution in [1.29, 1.82) is 0 Å². The summed E-state index contributed by atoms with van der Waals surface area (Å²) in [5, 5.41) is 33.6. The number of rotatable bonds is 2. The Balaban J connectivity index is 1.98. The number of fused-ring (bicyclic) bond motifs is 3. The fourth-order valence-electron chi connectivity index (χ4n) is 6.03. The topological polar surface area (TPSA) is 201 Å². The maximum Gasteiger partial charge on any atom is 0.235 e. The van der Waals surface area contributed by atoms with Crippen LogP contribution in [-0.2, 0) is 19.2 Å². The lowest BCUT2D eigenvalue weighted by Gasteiger charge is -2.56. The van der Waals surface area contributed by atoms with Gasteiger partial charge in [0.05, 0.1) is 35.2 Å². The predicted octanol–water partition coefficient (Wildman–Crippen LogP) is -1.26. The van der Waals surface area contributed by atoms with Gasteiger partial charge >= 0.3 is 0 Å². The van der Waals surface area contributed by atoms with Gasteiger partial charge in [-0.1, -0.05) is 6.92 Å². The molecule has 11 nitrogen and oxygen atoms in total. The second-order valence-electron chi connectivity index (χ2n) is 9.45. The summed E-state index contributed by atoms with van der Waals surface area (Å²) in [6, 6.07) is 0.0978. The third-order valence-corrected chi connectivity index (χ3v) is 8.26. The van der Waals surface area contributed by atoms with E-state index in [2.05, 4.69) is 15.9 Å². The number of aliphatic hydroxyl groups excluding tert-OH is 1. The summed E-state index contributed by atoms with van der Waals surface area (Å²) in [6.45, 7) is 1.62. The molecule has 3 aliphatic carbocycles. The number of carbonyl (C=O) groups excluding carboxylic acids is 5. The lowest BCUT2D eigenvalue weighted by atomic mass is 9.49. The number of benzene rings is 1. The Kier molecular flexibility index (Phi) is 5.52. The van der Waals surface area contributed by atoms with E-state index in [0.29, 0.717) is 10.0 Å². The number of ketones is 4. The number of halogens is 1. The van der Waals surface area contributed by atoms with E-state index in [4.69, 9.17) is 11.5 Å². The molecule has 2 unspecified atom stereocenters. The van der Waals surface area contributed by atoms with E-state index in [1.165, 1.54) is 25.1 Å². The number of phenols is 1. The highest BCUT2D eigenvalue weighted by Crippen LogP contribution is 2.55. The Labute approximate surface area is 202 Å². The fourth-order valence-corrected chi connectivity index (χ4v) is 6.47. The average molecular weight is 538 g/mol. The van der Waals surface area contributed by atoms with Crippen molar-refractivity contribution in [2.45, 2.75) is 30.6 Å². The first-order chi connectivity index (χ1) is 15.7. The summed E-state index contributed by atoms with van der Waals surface area (Å²) in [5.41, 5.74) is 8.01. The van der Waals surface area contributed by atoms with Crippen molar-refractivity contribution < 1.29 is 39.3 Å². The molecule has 1 aromatic rings. The number of nitrogens with zero attached hydrogens (tertiary/aromatic N) is 1. The Bertz CT molecular complexity index is 1180. The zero-order chi connectivity index (χ0) is 25.6. The lowest BCUT2D eigenvalue weighted by Crippen LogP contribution is -2.77. The number of nitrogens with two attached hydrogens (primary N) is 2. The molecule has 4 rings (SSSR count). The number of carbonyl (C=O) groups is 5. The summed E-state index contributed by atoms with van der Waals surface area (Å²) < 4.78 is 0.300. The van der Waals surface area contributed by atoms with Crippen LogP contribution in [-0.4, -0.2) is 81.1 Å². The van der Waals surface area contributed by atoms with Crippen LogP contribution in [0.15, 0.2) is 10.5 Å². The van der Waals surface area contributed by atoms with Crippen molar-refractivity contribution in [1.82, 2.24) is 4.90 Å². The highest BCUT2D eigenvalue weighted by Gasteiger charge is 2.72. The van der Waals surface area contributed by atoms with Crippen molar-refractivity contribution in [2.75, 3.05) is 19.8 Å². The van der Waals surface area contributed by atoms with Crippen LogP contribution in [0.3, 0.4) is 0 Å². The van der Waals surface area contributed by atoms with Crippen LogP contribution >= 0.6 is 15.9 Å². The number of Topliss-reactive ketones (excluding diaryl/α,β-unsaturated/α-hetero) is 4. The van der Waals surface area contributed by atoms with Crippen molar-refractivity contribution >= 4 is 50.7 Å². The van der Waals surface area contributed by atoms with Crippen LogP contribution in [0.2, 0.25) is 0 Å². The molecule has 1 amide bonds. The zero-order valence-corrected chi connectivity index (χ0v) is 20.1. The Hall–Kier alpha value is -2.67. The summed E-state index contributed by atoms with van der Waals surface area (Å²) in [7, 11) is 2.87. The highest BCUT2D eigenvalue weighted by molar-refractivity contribution is 9.10. The Morgan fingerprint density at radius 2 is 1.76 bits per heavy atom. The highest BCUT2D eigenvalue weighted by atomic mass is 79.9. The molecule has 0 bridgehead atoms. The molecule has 182 valence electrons. The van der Waals surface area contributed by atoms with Crippen LogP contribution in [0.1, 0.15) is 28.8 Å². The number of nitrogen functional groups attached to an aromatic ring is 1. The average Bonchev–Trinajstić information content (AvgIpc) is 2.74. The van der Waals surface area contributed by atoms with Crippen molar-refractivity contribution in [3.8, 4) is 5.75 Å². The largest absolute Gasteiger partial charge is 0.505 e.